The van der Waals surface area contributed by atoms with Crippen molar-refractivity contribution in [3.05, 3.63) is 29.3 Å². The van der Waals surface area contributed by atoms with Crippen molar-refractivity contribution in [1.82, 2.24) is 4.90 Å². The molecule has 0 N–H and O–H groups in total. The molecular formula is C21H30N2O2. The summed E-state index contributed by atoms with van der Waals surface area (Å²) in [7, 11) is 0. The maximum atomic E-state index is 13.1. The molecule has 136 valence electrons. The molecule has 2 amide bonds. The van der Waals surface area contributed by atoms with Crippen LogP contribution < -0.4 is 4.90 Å². The van der Waals surface area contributed by atoms with Gasteiger partial charge in [0.05, 0.1) is 5.92 Å². The lowest BCUT2D eigenvalue weighted by Gasteiger charge is -2.35. The lowest BCUT2D eigenvalue weighted by Crippen LogP contribution is -2.45. The molecule has 2 fully saturated rings. The number of rotatable bonds is 4. The molecule has 1 aliphatic heterocycles. The van der Waals surface area contributed by atoms with Gasteiger partial charge in [-0.2, -0.15) is 0 Å². The van der Waals surface area contributed by atoms with Crippen LogP contribution in [0.2, 0.25) is 0 Å². The average molecular weight is 342 g/mol. The molecule has 1 aromatic carbocycles. The zero-order chi connectivity index (χ0) is 18.0. The third-order valence-electron chi connectivity index (χ3n) is 5.92. The Morgan fingerprint density at radius 3 is 2.52 bits per heavy atom. The van der Waals surface area contributed by atoms with Crippen molar-refractivity contribution in [2.75, 3.05) is 18.0 Å². The second-order valence-electron chi connectivity index (χ2n) is 7.59. The summed E-state index contributed by atoms with van der Waals surface area (Å²) in [6, 6.07) is 6.47. The molecule has 1 heterocycles. The molecule has 3 rings (SSSR count). The van der Waals surface area contributed by atoms with E-state index >= 15 is 0 Å². The van der Waals surface area contributed by atoms with Crippen LogP contribution >= 0.6 is 0 Å². The van der Waals surface area contributed by atoms with Gasteiger partial charge in [0.15, 0.2) is 0 Å². The highest BCUT2D eigenvalue weighted by molar-refractivity contribution is 6.00. The van der Waals surface area contributed by atoms with Crippen LogP contribution in [0.25, 0.3) is 0 Å². The smallest absolute Gasteiger partial charge is 0.228 e. The Morgan fingerprint density at radius 1 is 1.16 bits per heavy atom. The number of aryl methyl sites for hydroxylation is 2. The van der Waals surface area contributed by atoms with E-state index in [4.69, 9.17) is 0 Å². The van der Waals surface area contributed by atoms with Gasteiger partial charge < -0.3 is 9.80 Å². The number of anilines is 1. The molecule has 0 unspecified atom stereocenters. The Balaban J connectivity index is 1.72. The van der Waals surface area contributed by atoms with Gasteiger partial charge in [0.1, 0.15) is 0 Å². The Morgan fingerprint density at radius 2 is 1.88 bits per heavy atom. The summed E-state index contributed by atoms with van der Waals surface area (Å²) in [5.41, 5.74) is 3.32. The number of hydrogen-bond donors (Lipinski definition) is 0. The molecule has 4 nitrogen and oxygen atoms in total. The number of carbonyl (C=O) groups is 2. The van der Waals surface area contributed by atoms with Crippen molar-refractivity contribution in [1.29, 1.82) is 0 Å². The van der Waals surface area contributed by atoms with E-state index in [1.165, 1.54) is 30.4 Å². The second kappa shape index (κ2) is 7.59. The van der Waals surface area contributed by atoms with E-state index in [1.807, 2.05) is 17.0 Å². The van der Waals surface area contributed by atoms with E-state index in [2.05, 4.69) is 26.8 Å². The maximum absolute atomic E-state index is 13.1. The molecule has 1 aliphatic carbocycles. The summed E-state index contributed by atoms with van der Waals surface area (Å²) in [6.45, 7) is 7.45. The number of nitrogens with zero attached hydrogens (tertiary/aromatic N) is 2. The molecule has 1 aromatic rings. The van der Waals surface area contributed by atoms with E-state index in [9.17, 15) is 9.59 Å². The average Bonchev–Trinajstić information content (AvgIpc) is 3.01. The number of carbonyl (C=O) groups excluding carboxylic acids is 2. The minimum atomic E-state index is -0.198. The minimum absolute atomic E-state index is 0.0706. The van der Waals surface area contributed by atoms with Gasteiger partial charge in [-0.25, -0.2) is 0 Å². The van der Waals surface area contributed by atoms with E-state index in [-0.39, 0.29) is 17.7 Å². The van der Waals surface area contributed by atoms with Gasteiger partial charge >= 0.3 is 0 Å². The van der Waals surface area contributed by atoms with Crippen molar-refractivity contribution in [2.45, 2.75) is 65.3 Å². The van der Waals surface area contributed by atoms with Crippen LogP contribution in [0.4, 0.5) is 5.69 Å². The molecule has 2 aliphatic rings. The van der Waals surface area contributed by atoms with E-state index in [0.717, 1.165) is 25.1 Å². The lowest BCUT2D eigenvalue weighted by molar-refractivity contribution is -0.138. The summed E-state index contributed by atoms with van der Waals surface area (Å²) in [4.78, 5) is 29.4. The van der Waals surface area contributed by atoms with Crippen molar-refractivity contribution < 1.29 is 9.59 Å². The van der Waals surface area contributed by atoms with Crippen LogP contribution in [0.3, 0.4) is 0 Å². The van der Waals surface area contributed by atoms with Crippen LogP contribution in [0.15, 0.2) is 18.2 Å². The summed E-state index contributed by atoms with van der Waals surface area (Å²) >= 11 is 0. The van der Waals surface area contributed by atoms with Crippen molar-refractivity contribution in [3.63, 3.8) is 0 Å². The SMILES string of the molecule is CCN(C(=O)[C@H]1CC(=O)N(c2ccc(C)c(C)c2)C1)C1CCCCC1. The Labute approximate surface area is 151 Å². The van der Waals surface area contributed by atoms with Gasteiger partial charge in [-0.05, 0) is 56.9 Å². The molecule has 4 heteroatoms. The fourth-order valence-corrected chi connectivity index (χ4v) is 4.24. The highest BCUT2D eigenvalue weighted by atomic mass is 16.2. The van der Waals surface area contributed by atoms with Gasteiger partial charge in [0.2, 0.25) is 11.8 Å². The maximum Gasteiger partial charge on any atom is 0.228 e. The monoisotopic (exact) mass is 342 g/mol. The Hall–Kier alpha value is -1.84. The lowest BCUT2D eigenvalue weighted by atomic mass is 9.93. The van der Waals surface area contributed by atoms with Crippen molar-refractivity contribution in [2.24, 2.45) is 5.92 Å². The molecule has 0 bridgehead atoms. The van der Waals surface area contributed by atoms with Gasteiger partial charge in [-0.3, -0.25) is 9.59 Å². The first-order chi connectivity index (χ1) is 12.0. The number of benzene rings is 1. The first-order valence-electron chi connectivity index (χ1n) is 9.69. The normalized spacial score (nSPS) is 21.6. The van der Waals surface area contributed by atoms with Crippen LogP contribution in [0.5, 0.6) is 0 Å². The topological polar surface area (TPSA) is 40.6 Å². The zero-order valence-corrected chi connectivity index (χ0v) is 15.8. The Bertz CT molecular complexity index is 649. The van der Waals surface area contributed by atoms with Crippen LogP contribution in [-0.4, -0.2) is 35.8 Å². The summed E-state index contributed by atoms with van der Waals surface area (Å²) in [5.74, 6) is 0.0476. The predicted octanol–water partition coefficient (Wildman–Crippen LogP) is 3.84. The zero-order valence-electron chi connectivity index (χ0n) is 15.8. The highest BCUT2D eigenvalue weighted by Gasteiger charge is 2.38. The predicted molar refractivity (Wildman–Crippen MR) is 101 cm³/mol. The van der Waals surface area contributed by atoms with E-state index < -0.39 is 0 Å². The molecule has 0 aromatic heterocycles. The summed E-state index contributed by atoms with van der Waals surface area (Å²) in [5, 5.41) is 0. The molecule has 0 radical (unpaired) electrons. The summed E-state index contributed by atoms with van der Waals surface area (Å²) in [6.07, 6.45) is 6.28. The fraction of sp³-hybridized carbons (Fsp3) is 0.619. The molecular weight excluding hydrogens is 312 g/mol. The Kier molecular flexibility index (Phi) is 5.45. The second-order valence-corrected chi connectivity index (χ2v) is 7.59. The first-order valence-corrected chi connectivity index (χ1v) is 9.69. The van der Waals surface area contributed by atoms with Gasteiger partial charge in [0, 0.05) is 31.2 Å². The van der Waals surface area contributed by atoms with E-state index in [1.54, 1.807) is 4.90 Å². The van der Waals surface area contributed by atoms with Gasteiger partial charge in [-0.15, -0.1) is 0 Å². The van der Waals surface area contributed by atoms with Gasteiger partial charge in [0.25, 0.3) is 0 Å². The molecule has 0 spiro atoms. The number of hydrogen-bond acceptors (Lipinski definition) is 2. The molecule has 1 atom stereocenters. The fourth-order valence-electron chi connectivity index (χ4n) is 4.24. The standard InChI is InChI=1S/C21H30N2O2/c1-4-22(18-8-6-5-7-9-18)21(25)17-13-20(24)23(14-17)19-11-10-15(2)16(3)12-19/h10-12,17-18H,4-9,13-14H2,1-3H3/t17-/m0/s1. The van der Waals surface area contributed by atoms with Gasteiger partial charge in [-0.1, -0.05) is 25.3 Å². The summed E-state index contributed by atoms with van der Waals surface area (Å²) < 4.78 is 0. The minimum Gasteiger partial charge on any atom is -0.340 e. The quantitative estimate of drug-likeness (QED) is 0.834. The largest absolute Gasteiger partial charge is 0.340 e. The molecule has 1 saturated carbocycles. The third kappa shape index (κ3) is 3.73. The van der Waals surface area contributed by atoms with Crippen molar-refractivity contribution in [3.8, 4) is 0 Å². The van der Waals surface area contributed by atoms with Crippen molar-refractivity contribution >= 4 is 17.5 Å². The molecule has 1 saturated heterocycles. The first kappa shape index (κ1) is 18.0. The van der Waals surface area contributed by atoms with E-state index in [0.29, 0.717) is 19.0 Å². The number of amides is 2. The van der Waals surface area contributed by atoms with Crippen LogP contribution in [0, 0.1) is 19.8 Å². The van der Waals surface area contributed by atoms with Crippen LogP contribution in [0.1, 0.15) is 56.6 Å². The molecule has 25 heavy (non-hydrogen) atoms. The third-order valence-corrected chi connectivity index (χ3v) is 5.92. The highest BCUT2D eigenvalue weighted by Crippen LogP contribution is 2.30. The van der Waals surface area contributed by atoms with Crippen LogP contribution in [-0.2, 0) is 9.59 Å².